The summed E-state index contributed by atoms with van der Waals surface area (Å²) in [6.45, 7) is 6.59. The third-order valence-corrected chi connectivity index (χ3v) is 11.1. The maximum atomic E-state index is 14.5. The summed E-state index contributed by atoms with van der Waals surface area (Å²) >= 11 is 0. The number of pyridine rings is 1. The van der Waals surface area contributed by atoms with Gasteiger partial charge in [0.2, 0.25) is 5.91 Å². The van der Waals surface area contributed by atoms with E-state index in [2.05, 4.69) is 27.0 Å². The lowest BCUT2D eigenvalue weighted by atomic mass is 9.88. The Kier molecular flexibility index (Phi) is 9.40. The van der Waals surface area contributed by atoms with Crippen molar-refractivity contribution in [1.29, 1.82) is 0 Å². The van der Waals surface area contributed by atoms with Crippen LogP contribution in [0.3, 0.4) is 0 Å². The van der Waals surface area contributed by atoms with Gasteiger partial charge in [0.05, 0.1) is 23.7 Å². The van der Waals surface area contributed by atoms with Crippen molar-refractivity contribution < 1.29 is 32.3 Å². The van der Waals surface area contributed by atoms with Crippen LogP contribution in [0.2, 0.25) is 0 Å². The average molecular weight is 727 g/mol. The molecule has 276 valence electrons. The molecule has 7 rings (SSSR count). The fraction of sp³-hybridized carbons (Fsp3) is 0.450. The number of halogens is 3. The number of carbonyl (C=O) groups is 4. The van der Waals surface area contributed by atoms with Crippen molar-refractivity contribution in [2.75, 3.05) is 0 Å². The molecule has 2 fully saturated rings. The maximum absolute atomic E-state index is 14.5. The van der Waals surface area contributed by atoms with E-state index in [1.165, 1.54) is 17.7 Å². The Morgan fingerprint density at radius 1 is 1.04 bits per heavy atom. The molecule has 4 aromatic rings. The van der Waals surface area contributed by atoms with E-state index in [4.69, 9.17) is 0 Å². The molecule has 13 heteroatoms. The molecule has 0 unspecified atom stereocenters. The molecule has 53 heavy (non-hydrogen) atoms. The molecular formula is C40H41F3N6O4. The minimum absolute atomic E-state index is 0.0147. The topological polar surface area (TPSA) is 128 Å². The Balaban J connectivity index is 1.30. The second kappa shape index (κ2) is 13.7. The number of aryl methyl sites for hydroxylation is 2. The number of nitrogens with zero attached hydrogens (tertiary/aromatic N) is 6. The number of allylic oxidation sites excluding steroid dienone is 1. The normalized spacial score (nSPS) is 24.2. The highest BCUT2D eigenvalue weighted by atomic mass is 19.4. The quantitative estimate of drug-likeness (QED) is 0.200. The van der Waals surface area contributed by atoms with Crippen molar-refractivity contribution >= 4 is 40.2 Å². The van der Waals surface area contributed by atoms with Gasteiger partial charge < -0.3 is 4.90 Å². The molecule has 1 saturated heterocycles. The van der Waals surface area contributed by atoms with Gasteiger partial charge >= 0.3 is 6.18 Å². The number of ketones is 3. The highest BCUT2D eigenvalue weighted by Crippen LogP contribution is 2.62. The van der Waals surface area contributed by atoms with E-state index in [0.29, 0.717) is 60.8 Å². The summed E-state index contributed by atoms with van der Waals surface area (Å²) in [7, 11) is 0. The summed E-state index contributed by atoms with van der Waals surface area (Å²) < 4.78 is 42.2. The van der Waals surface area contributed by atoms with Gasteiger partial charge in [-0.1, -0.05) is 25.1 Å². The zero-order valence-corrected chi connectivity index (χ0v) is 30.2. The molecule has 2 bridgehead atoms. The van der Waals surface area contributed by atoms with Gasteiger partial charge in [-0.15, -0.1) is 0 Å². The van der Waals surface area contributed by atoms with Crippen LogP contribution in [0, 0.1) is 25.2 Å². The number of hydrogen-bond acceptors (Lipinski definition) is 8. The number of carbonyl (C=O) groups excluding carboxylic acids is 4. The first-order valence-electron chi connectivity index (χ1n) is 18.0. The summed E-state index contributed by atoms with van der Waals surface area (Å²) in [6, 6.07) is 4.77. The van der Waals surface area contributed by atoms with Crippen LogP contribution in [0.25, 0.3) is 28.1 Å². The zero-order valence-electron chi connectivity index (χ0n) is 30.2. The van der Waals surface area contributed by atoms with Crippen molar-refractivity contribution in [1.82, 2.24) is 29.6 Å². The summed E-state index contributed by atoms with van der Waals surface area (Å²) in [4.78, 5) is 68.8. The fourth-order valence-electron chi connectivity index (χ4n) is 8.16. The molecule has 10 nitrogen and oxygen atoms in total. The predicted molar refractivity (Wildman–Crippen MR) is 191 cm³/mol. The van der Waals surface area contributed by atoms with E-state index in [9.17, 15) is 32.3 Å². The van der Waals surface area contributed by atoms with Crippen molar-refractivity contribution in [2.24, 2.45) is 11.3 Å². The fourth-order valence-corrected chi connectivity index (χ4v) is 8.16. The summed E-state index contributed by atoms with van der Waals surface area (Å²) in [6.07, 6.45) is 6.04. The molecule has 1 amide bonds. The number of rotatable bonds is 5. The number of amides is 1. The molecule has 3 aromatic heterocycles. The Bertz CT molecular complexity index is 2180. The molecule has 1 saturated carbocycles. The molecular weight excluding hydrogens is 685 g/mol. The number of hydrogen-bond donors (Lipinski definition) is 0. The van der Waals surface area contributed by atoms with Crippen LogP contribution in [0.5, 0.6) is 0 Å². The Morgan fingerprint density at radius 3 is 2.51 bits per heavy atom. The van der Waals surface area contributed by atoms with Gasteiger partial charge in [-0.2, -0.15) is 18.3 Å². The van der Waals surface area contributed by atoms with Crippen molar-refractivity contribution in [3.05, 3.63) is 76.8 Å². The van der Waals surface area contributed by atoms with E-state index in [1.807, 2.05) is 24.3 Å². The number of piperidine rings is 1. The van der Waals surface area contributed by atoms with Crippen LogP contribution >= 0.6 is 0 Å². The second-order valence-corrected chi connectivity index (χ2v) is 15.1. The Hall–Kier alpha value is -5.07. The maximum Gasteiger partial charge on any atom is 0.433 e. The van der Waals surface area contributed by atoms with Gasteiger partial charge in [-0.05, 0) is 86.6 Å². The van der Waals surface area contributed by atoms with E-state index in [1.54, 1.807) is 31.1 Å². The molecule has 3 aliphatic rings. The standard InChI is InChI=1S/C40H41F3N6O4/c1-22-7-5-6-8-26-14-27(28-19-44-25(4)45-20-28)15-30-37(24(3)50)47-48(38(26)30)21-36(53)49-32(17-39(18-35(39)49)12-11-29(51)13-22)33(52)16-31-23(2)9-10-34(46-31)40(41,42)43/h6,8-10,14-15,19-20,22,32,35H,5,7,11-13,16-18,21H2,1-4H3/b8-6+/t22-,32-,35+,39-/m0/s1. The summed E-state index contributed by atoms with van der Waals surface area (Å²) in [5.41, 5.74) is 1.94. The third-order valence-electron chi connectivity index (χ3n) is 11.1. The first-order valence-corrected chi connectivity index (χ1v) is 18.0. The number of alkyl halides is 3. The first kappa shape index (κ1) is 36.3. The number of aromatic nitrogens is 5. The average Bonchev–Trinajstić information content (AvgIpc) is 3.51. The Labute approximate surface area is 304 Å². The van der Waals surface area contributed by atoms with E-state index < -0.39 is 35.0 Å². The van der Waals surface area contributed by atoms with Crippen molar-refractivity contribution in [3.8, 4) is 11.1 Å². The second-order valence-electron chi connectivity index (χ2n) is 15.1. The molecule has 0 spiro atoms. The lowest BCUT2D eigenvalue weighted by molar-refractivity contribution is -0.141. The zero-order chi connectivity index (χ0) is 37.8. The molecule has 2 aliphatic heterocycles. The number of Topliss-reactive ketones (excluding diaryl/α,β-unsaturated/α-hetero) is 3. The van der Waals surface area contributed by atoms with Crippen LogP contribution in [0.1, 0.15) is 97.6 Å². The smallest absolute Gasteiger partial charge is 0.327 e. The molecule has 0 N–H and O–H groups in total. The SMILES string of the molecule is CC(=O)c1nn2c3c(cc(-c4cnc(C)nc4)cc13)/C=C/CC[C@H](C)CC(=O)CC[C@@]13C[C@@H](C(=O)Cc4nc(C(F)(F)F)ccc4C)N(C(=O)C2)[C@@H]1C3. The minimum atomic E-state index is -4.68. The highest BCUT2D eigenvalue weighted by molar-refractivity contribution is 6.08. The van der Waals surface area contributed by atoms with E-state index in [-0.39, 0.29) is 47.9 Å². The van der Waals surface area contributed by atoms with Crippen LogP contribution in [0.4, 0.5) is 13.2 Å². The lowest BCUT2D eigenvalue weighted by Gasteiger charge is -2.27. The van der Waals surface area contributed by atoms with Crippen LogP contribution in [0.15, 0.2) is 42.7 Å². The molecule has 4 atom stereocenters. The van der Waals surface area contributed by atoms with Crippen LogP contribution in [-0.4, -0.2) is 65.0 Å². The monoisotopic (exact) mass is 726 g/mol. The van der Waals surface area contributed by atoms with Gasteiger partial charge in [-0.25, -0.2) is 15.0 Å². The summed E-state index contributed by atoms with van der Waals surface area (Å²) in [5.74, 6) is -0.196. The molecule has 0 radical (unpaired) electrons. The summed E-state index contributed by atoms with van der Waals surface area (Å²) in [5, 5.41) is 5.23. The van der Waals surface area contributed by atoms with Gasteiger partial charge in [0.1, 0.15) is 29.5 Å². The third kappa shape index (κ3) is 7.17. The highest BCUT2D eigenvalue weighted by Gasteiger charge is 2.66. The molecule has 1 aliphatic carbocycles. The van der Waals surface area contributed by atoms with Crippen molar-refractivity contribution in [3.63, 3.8) is 0 Å². The largest absolute Gasteiger partial charge is 0.433 e. The predicted octanol–water partition coefficient (Wildman–Crippen LogP) is 7.08. The van der Waals surface area contributed by atoms with Gasteiger partial charge in [0.15, 0.2) is 11.6 Å². The Morgan fingerprint density at radius 2 is 1.79 bits per heavy atom. The number of benzene rings is 1. The van der Waals surface area contributed by atoms with E-state index in [0.717, 1.165) is 29.2 Å². The van der Waals surface area contributed by atoms with Gasteiger partial charge in [0, 0.05) is 54.7 Å². The van der Waals surface area contributed by atoms with Gasteiger partial charge in [-0.3, -0.25) is 23.9 Å². The lowest BCUT2D eigenvalue weighted by Crippen LogP contribution is -2.45. The van der Waals surface area contributed by atoms with Crippen molar-refractivity contribution in [2.45, 2.75) is 104 Å². The van der Waals surface area contributed by atoms with Crippen LogP contribution < -0.4 is 0 Å². The van der Waals surface area contributed by atoms with Gasteiger partial charge in [0.25, 0.3) is 0 Å². The molecule has 1 aromatic carbocycles. The first-order chi connectivity index (χ1) is 25.1. The minimum Gasteiger partial charge on any atom is -0.327 e. The van der Waals surface area contributed by atoms with Crippen LogP contribution in [-0.2, 0) is 33.5 Å². The van der Waals surface area contributed by atoms with E-state index >= 15 is 0 Å². The molecule has 5 heterocycles.